The zero-order chi connectivity index (χ0) is 14.7. The standard InChI is InChI=1S/C14H13N3O3/c1-8(18)16-9-4-11-14(12(5-9)19-2)13(20-3)6-10(7-15)17-11/h4-6H,1-3H3,(H,16,18). The number of carbonyl (C=O) groups is 1. The molecule has 0 unspecified atom stereocenters. The lowest BCUT2D eigenvalue weighted by atomic mass is 10.1. The SMILES string of the molecule is COc1cc(NC(C)=O)cc2nc(C#N)cc(OC)c12. The molecule has 1 amide bonds. The van der Waals surface area contributed by atoms with Crippen molar-refractivity contribution < 1.29 is 14.3 Å². The molecule has 0 aliphatic carbocycles. The van der Waals surface area contributed by atoms with E-state index in [-0.39, 0.29) is 11.6 Å². The summed E-state index contributed by atoms with van der Waals surface area (Å²) in [6, 6.07) is 6.87. The van der Waals surface area contributed by atoms with Gasteiger partial charge in [-0.3, -0.25) is 4.79 Å². The summed E-state index contributed by atoms with van der Waals surface area (Å²) < 4.78 is 10.6. The summed E-state index contributed by atoms with van der Waals surface area (Å²) in [5.41, 5.74) is 1.30. The summed E-state index contributed by atoms with van der Waals surface area (Å²) in [6.45, 7) is 1.41. The number of ether oxygens (including phenoxy) is 2. The summed E-state index contributed by atoms with van der Waals surface area (Å²) in [5, 5.41) is 12.3. The van der Waals surface area contributed by atoms with Crippen molar-refractivity contribution in [3.63, 3.8) is 0 Å². The maximum atomic E-state index is 11.1. The Hall–Kier alpha value is -2.81. The third-order valence-electron chi connectivity index (χ3n) is 2.71. The Labute approximate surface area is 115 Å². The molecule has 102 valence electrons. The van der Waals surface area contributed by atoms with E-state index in [1.807, 2.05) is 6.07 Å². The first-order valence-corrected chi connectivity index (χ1v) is 5.83. The number of benzene rings is 1. The van der Waals surface area contributed by atoms with Gasteiger partial charge in [0, 0.05) is 24.7 Å². The maximum absolute atomic E-state index is 11.1. The number of rotatable bonds is 3. The average Bonchev–Trinajstić information content (AvgIpc) is 2.44. The topological polar surface area (TPSA) is 84.2 Å². The minimum absolute atomic E-state index is 0.199. The number of amides is 1. The van der Waals surface area contributed by atoms with Crippen molar-refractivity contribution in [2.24, 2.45) is 0 Å². The molecule has 1 aromatic heterocycles. The van der Waals surface area contributed by atoms with Gasteiger partial charge in [-0.2, -0.15) is 5.26 Å². The van der Waals surface area contributed by atoms with E-state index in [9.17, 15) is 4.79 Å². The molecule has 0 aliphatic rings. The van der Waals surface area contributed by atoms with Gasteiger partial charge in [0.05, 0.1) is 25.1 Å². The molecule has 20 heavy (non-hydrogen) atoms. The van der Waals surface area contributed by atoms with Gasteiger partial charge in [0.25, 0.3) is 0 Å². The Morgan fingerprint density at radius 2 is 1.90 bits per heavy atom. The van der Waals surface area contributed by atoms with Crippen molar-refractivity contribution in [3.8, 4) is 17.6 Å². The summed E-state index contributed by atoms with van der Waals surface area (Å²) >= 11 is 0. The largest absolute Gasteiger partial charge is 0.496 e. The Kier molecular flexibility index (Phi) is 3.71. The molecule has 6 heteroatoms. The highest BCUT2D eigenvalue weighted by atomic mass is 16.5. The van der Waals surface area contributed by atoms with Crippen LogP contribution >= 0.6 is 0 Å². The third-order valence-corrected chi connectivity index (χ3v) is 2.71. The van der Waals surface area contributed by atoms with E-state index in [0.29, 0.717) is 28.1 Å². The number of anilines is 1. The van der Waals surface area contributed by atoms with Crippen LogP contribution in [0.4, 0.5) is 5.69 Å². The molecule has 1 aromatic carbocycles. The lowest BCUT2D eigenvalue weighted by Crippen LogP contribution is -2.06. The second kappa shape index (κ2) is 5.45. The van der Waals surface area contributed by atoms with Crippen LogP contribution in [0.1, 0.15) is 12.6 Å². The predicted molar refractivity (Wildman–Crippen MR) is 73.9 cm³/mol. The van der Waals surface area contributed by atoms with E-state index in [4.69, 9.17) is 14.7 Å². The summed E-state index contributed by atoms with van der Waals surface area (Å²) in [4.78, 5) is 15.4. The van der Waals surface area contributed by atoms with E-state index in [1.165, 1.54) is 21.1 Å². The molecule has 0 aliphatic heterocycles. The van der Waals surface area contributed by atoms with Crippen LogP contribution in [0.2, 0.25) is 0 Å². The van der Waals surface area contributed by atoms with Crippen LogP contribution in [-0.4, -0.2) is 25.1 Å². The second-order valence-electron chi connectivity index (χ2n) is 4.08. The number of fused-ring (bicyclic) bond motifs is 1. The Balaban J connectivity index is 2.76. The molecule has 0 bridgehead atoms. The van der Waals surface area contributed by atoms with Gasteiger partial charge in [-0.15, -0.1) is 0 Å². The lowest BCUT2D eigenvalue weighted by molar-refractivity contribution is -0.114. The third kappa shape index (κ3) is 2.47. The number of nitrogens with one attached hydrogen (secondary N) is 1. The van der Waals surface area contributed by atoms with Crippen molar-refractivity contribution >= 4 is 22.5 Å². The van der Waals surface area contributed by atoms with Gasteiger partial charge < -0.3 is 14.8 Å². The van der Waals surface area contributed by atoms with Crippen molar-refractivity contribution in [2.75, 3.05) is 19.5 Å². The van der Waals surface area contributed by atoms with E-state index < -0.39 is 0 Å². The van der Waals surface area contributed by atoms with Gasteiger partial charge in [0.2, 0.25) is 5.91 Å². The van der Waals surface area contributed by atoms with Crippen LogP contribution in [0.15, 0.2) is 18.2 Å². The number of nitrogens with zero attached hydrogens (tertiary/aromatic N) is 2. The molecule has 1 heterocycles. The lowest BCUT2D eigenvalue weighted by Gasteiger charge is -2.12. The van der Waals surface area contributed by atoms with Gasteiger partial charge in [-0.25, -0.2) is 4.98 Å². The number of hydrogen-bond donors (Lipinski definition) is 1. The van der Waals surface area contributed by atoms with Crippen LogP contribution in [0.25, 0.3) is 10.9 Å². The number of nitriles is 1. The molecule has 0 radical (unpaired) electrons. The van der Waals surface area contributed by atoms with Crippen LogP contribution in [0, 0.1) is 11.3 Å². The molecular weight excluding hydrogens is 258 g/mol. The first kappa shape index (κ1) is 13.6. The minimum atomic E-state index is -0.199. The Morgan fingerprint density at radius 1 is 1.25 bits per heavy atom. The van der Waals surface area contributed by atoms with Crippen molar-refractivity contribution in [3.05, 3.63) is 23.9 Å². The van der Waals surface area contributed by atoms with E-state index >= 15 is 0 Å². The number of aromatic nitrogens is 1. The highest BCUT2D eigenvalue weighted by Gasteiger charge is 2.13. The molecular formula is C14H13N3O3. The van der Waals surface area contributed by atoms with Gasteiger partial charge in [-0.1, -0.05) is 0 Å². The fraction of sp³-hybridized carbons (Fsp3) is 0.214. The van der Waals surface area contributed by atoms with Gasteiger partial charge >= 0.3 is 0 Å². The molecule has 0 fully saturated rings. The second-order valence-corrected chi connectivity index (χ2v) is 4.08. The van der Waals surface area contributed by atoms with Crippen LogP contribution in [-0.2, 0) is 4.79 Å². The smallest absolute Gasteiger partial charge is 0.221 e. The fourth-order valence-electron chi connectivity index (χ4n) is 1.95. The van der Waals surface area contributed by atoms with Gasteiger partial charge in [0.15, 0.2) is 0 Å². The Morgan fingerprint density at radius 3 is 2.45 bits per heavy atom. The van der Waals surface area contributed by atoms with E-state index in [2.05, 4.69) is 10.3 Å². The molecule has 6 nitrogen and oxygen atoms in total. The van der Waals surface area contributed by atoms with Crippen LogP contribution in [0.5, 0.6) is 11.5 Å². The summed E-state index contributed by atoms with van der Waals surface area (Å²) in [6.07, 6.45) is 0. The number of carbonyl (C=O) groups excluding carboxylic acids is 1. The zero-order valence-electron chi connectivity index (χ0n) is 11.4. The predicted octanol–water partition coefficient (Wildman–Crippen LogP) is 2.08. The molecule has 0 saturated carbocycles. The molecule has 0 atom stereocenters. The van der Waals surface area contributed by atoms with E-state index in [1.54, 1.807) is 18.2 Å². The molecule has 0 saturated heterocycles. The monoisotopic (exact) mass is 271 g/mol. The van der Waals surface area contributed by atoms with Gasteiger partial charge in [0.1, 0.15) is 23.3 Å². The normalized spacial score (nSPS) is 9.90. The van der Waals surface area contributed by atoms with Crippen LogP contribution in [0.3, 0.4) is 0 Å². The molecule has 2 aromatic rings. The highest BCUT2D eigenvalue weighted by Crippen LogP contribution is 2.36. The van der Waals surface area contributed by atoms with E-state index in [0.717, 1.165) is 0 Å². The van der Waals surface area contributed by atoms with Crippen molar-refractivity contribution in [2.45, 2.75) is 6.92 Å². The Bertz CT molecular complexity index is 720. The van der Waals surface area contributed by atoms with Crippen molar-refractivity contribution in [1.82, 2.24) is 4.98 Å². The molecule has 2 rings (SSSR count). The number of hydrogen-bond acceptors (Lipinski definition) is 5. The molecule has 1 N–H and O–H groups in total. The zero-order valence-corrected chi connectivity index (χ0v) is 11.4. The van der Waals surface area contributed by atoms with Crippen LogP contribution < -0.4 is 14.8 Å². The molecule has 0 spiro atoms. The average molecular weight is 271 g/mol. The quantitative estimate of drug-likeness (QED) is 0.923. The minimum Gasteiger partial charge on any atom is -0.496 e. The summed E-state index contributed by atoms with van der Waals surface area (Å²) in [7, 11) is 3.03. The maximum Gasteiger partial charge on any atom is 0.221 e. The van der Waals surface area contributed by atoms with Gasteiger partial charge in [-0.05, 0) is 6.07 Å². The number of methoxy groups -OCH3 is 2. The highest BCUT2D eigenvalue weighted by molar-refractivity contribution is 5.97. The first-order valence-electron chi connectivity index (χ1n) is 5.83. The first-order chi connectivity index (χ1) is 9.58. The summed E-state index contributed by atoms with van der Waals surface area (Å²) in [5.74, 6) is 0.813. The fourth-order valence-corrected chi connectivity index (χ4v) is 1.95. The number of pyridine rings is 1. The van der Waals surface area contributed by atoms with Crippen molar-refractivity contribution in [1.29, 1.82) is 5.26 Å².